The number of rotatable bonds is 3. The van der Waals surface area contributed by atoms with E-state index in [0.717, 1.165) is 0 Å². The predicted molar refractivity (Wildman–Crippen MR) is 80.8 cm³/mol. The van der Waals surface area contributed by atoms with Gasteiger partial charge in [0, 0.05) is 0 Å². The van der Waals surface area contributed by atoms with Gasteiger partial charge in [-0.2, -0.15) is 13.2 Å². The molecule has 0 aromatic heterocycles. The van der Waals surface area contributed by atoms with Crippen LogP contribution in [-0.4, -0.2) is 39.8 Å². The molecule has 0 bridgehead atoms. The Labute approximate surface area is 140 Å². The number of benzene rings is 1. The molecule has 132 valence electrons. The van der Waals surface area contributed by atoms with E-state index in [1.165, 1.54) is 31.2 Å². The van der Waals surface area contributed by atoms with Gasteiger partial charge in [-0.3, -0.25) is 4.79 Å². The Morgan fingerprint density at radius 2 is 1.96 bits per heavy atom. The van der Waals surface area contributed by atoms with Gasteiger partial charge in [0.05, 0.1) is 12.6 Å². The number of hydrogen-bond acceptors (Lipinski definition) is 5. The highest BCUT2D eigenvalue weighted by Gasteiger charge is 2.66. The van der Waals surface area contributed by atoms with Gasteiger partial charge in [-0.05, 0) is 36.8 Å². The van der Waals surface area contributed by atoms with Crippen LogP contribution in [0.3, 0.4) is 0 Å². The summed E-state index contributed by atoms with van der Waals surface area (Å²) in [5.41, 5.74) is -3.37. The van der Waals surface area contributed by atoms with Gasteiger partial charge in [-0.1, -0.05) is 12.1 Å². The third-order valence-corrected chi connectivity index (χ3v) is 3.82. The molecule has 1 aliphatic rings. The van der Waals surface area contributed by atoms with Crippen molar-refractivity contribution in [1.82, 2.24) is 10.6 Å². The number of phenols is 1. The molecule has 4 N–H and O–H groups in total. The van der Waals surface area contributed by atoms with E-state index in [-0.39, 0.29) is 17.9 Å². The first-order valence-electron chi connectivity index (χ1n) is 6.93. The number of carbonyl (C=O) groups excluding carboxylic acids is 1. The second-order valence-corrected chi connectivity index (χ2v) is 5.57. The van der Waals surface area contributed by atoms with E-state index >= 15 is 0 Å². The van der Waals surface area contributed by atoms with E-state index in [2.05, 4.69) is 5.32 Å². The average molecular weight is 364 g/mol. The van der Waals surface area contributed by atoms with Crippen LogP contribution in [0.1, 0.15) is 18.5 Å². The van der Waals surface area contributed by atoms with E-state index in [1.54, 1.807) is 5.32 Å². The number of ether oxygens (including phenoxy) is 1. The lowest BCUT2D eigenvalue weighted by Gasteiger charge is -2.45. The fourth-order valence-corrected chi connectivity index (χ4v) is 2.78. The van der Waals surface area contributed by atoms with Gasteiger partial charge in [0.1, 0.15) is 11.7 Å². The number of aromatic hydroxyl groups is 1. The summed E-state index contributed by atoms with van der Waals surface area (Å²) in [6, 6.07) is 3.84. The minimum Gasteiger partial charge on any atom is -0.508 e. The minimum absolute atomic E-state index is 0.103. The number of hydrogen-bond donors (Lipinski definition) is 4. The zero-order valence-corrected chi connectivity index (χ0v) is 13.2. The van der Waals surface area contributed by atoms with Crippen molar-refractivity contribution < 1.29 is 32.9 Å². The van der Waals surface area contributed by atoms with E-state index in [9.17, 15) is 28.2 Å². The standard InChI is InChI=1S/C14H15F3N2O4S/c1-2-23-11(21)9-10(7-3-5-8(20)6-4-7)18-12(24)19-13(9,22)14(15,16)17/h3-6,9-10,20,22H,2H2,1H3,(H2,18,19,24)/t9-,10+,13+/m1/s1. The largest absolute Gasteiger partial charge is 0.508 e. The van der Waals surface area contributed by atoms with Crippen molar-refractivity contribution in [2.45, 2.75) is 24.9 Å². The van der Waals surface area contributed by atoms with E-state index in [1.807, 2.05) is 0 Å². The quantitative estimate of drug-likeness (QED) is 0.475. The summed E-state index contributed by atoms with van der Waals surface area (Å²) in [5.74, 6) is -3.39. The van der Waals surface area contributed by atoms with Crippen molar-refractivity contribution in [3.05, 3.63) is 29.8 Å². The number of halogens is 3. The van der Waals surface area contributed by atoms with Crippen LogP contribution in [0.15, 0.2) is 24.3 Å². The highest BCUT2D eigenvalue weighted by Crippen LogP contribution is 2.43. The monoisotopic (exact) mass is 364 g/mol. The van der Waals surface area contributed by atoms with Crippen LogP contribution >= 0.6 is 12.2 Å². The van der Waals surface area contributed by atoms with Crippen molar-refractivity contribution in [3.8, 4) is 5.75 Å². The molecule has 1 aromatic carbocycles. The highest BCUT2D eigenvalue weighted by molar-refractivity contribution is 7.80. The van der Waals surface area contributed by atoms with Gasteiger partial charge >= 0.3 is 12.1 Å². The Morgan fingerprint density at radius 3 is 2.46 bits per heavy atom. The van der Waals surface area contributed by atoms with Gasteiger partial charge in [0.15, 0.2) is 5.11 Å². The Hall–Kier alpha value is -2.07. The number of nitrogens with one attached hydrogen (secondary N) is 2. The lowest BCUT2D eigenvalue weighted by atomic mass is 9.82. The SMILES string of the molecule is CCOC(=O)[C@H]1[C@H](c2ccc(O)cc2)NC(=S)N[C@@]1(O)C(F)(F)F. The molecular weight excluding hydrogens is 349 g/mol. The van der Waals surface area contributed by atoms with Gasteiger partial charge in [0.2, 0.25) is 0 Å². The van der Waals surface area contributed by atoms with E-state index in [0.29, 0.717) is 0 Å². The van der Waals surface area contributed by atoms with Crippen LogP contribution in [0.4, 0.5) is 13.2 Å². The maximum Gasteiger partial charge on any atom is 0.437 e. The molecule has 0 unspecified atom stereocenters. The molecule has 1 aromatic rings. The van der Waals surface area contributed by atoms with Crippen molar-refractivity contribution in [2.75, 3.05) is 6.61 Å². The van der Waals surface area contributed by atoms with E-state index < -0.39 is 34.9 Å². The molecule has 2 rings (SSSR count). The molecule has 24 heavy (non-hydrogen) atoms. The summed E-state index contributed by atoms with van der Waals surface area (Å²) in [4.78, 5) is 12.2. The zero-order chi connectivity index (χ0) is 18.1. The molecular formula is C14H15F3N2O4S. The normalized spacial score (nSPS) is 27.1. The molecule has 10 heteroatoms. The highest BCUT2D eigenvalue weighted by atomic mass is 32.1. The molecule has 0 spiro atoms. The molecule has 1 heterocycles. The Balaban J connectivity index is 2.55. The molecule has 1 saturated heterocycles. The molecule has 1 aliphatic heterocycles. The van der Waals surface area contributed by atoms with Crippen molar-refractivity contribution >= 4 is 23.3 Å². The Morgan fingerprint density at radius 1 is 1.38 bits per heavy atom. The molecule has 0 amide bonds. The molecule has 3 atom stereocenters. The smallest absolute Gasteiger partial charge is 0.437 e. The zero-order valence-electron chi connectivity index (χ0n) is 12.4. The summed E-state index contributed by atoms with van der Waals surface area (Å²) in [6.07, 6.45) is -5.19. The van der Waals surface area contributed by atoms with Crippen LogP contribution in [0.5, 0.6) is 5.75 Å². The average Bonchev–Trinajstić information content (AvgIpc) is 2.46. The topological polar surface area (TPSA) is 90.8 Å². The molecule has 1 fully saturated rings. The van der Waals surface area contributed by atoms with Crippen LogP contribution in [-0.2, 0) is 9.53 Å². The second kappa shape index (κ2) is 6.44. The van der Waals surface area contributed by atoms with Crippen molar-refractivity contribution in [2.24, 2.45) is 5.92 Å². The summed E-state index contributed by atoms with van der Waals surface area (Å²) >= 11 is 4.75. The first kappa shape index (κ1) is 18.3. The van der Waals surface area contributed by atoms with Crippen LogP contribution < -0.4 is 10.6 Å². The lowest BCUT2D eigenvalue weighted by Crippen LogP contribution is -2.73. The van der Waals surface area contributed by atoms with Crippen molar-refractivity contribution in [3.63, 3.8) is 0 Å². The summed E-state index contributed by atoms with van der Waals surface area (Å²) < 4.78 is 45.1. The molecule has 0 radical (unpaired) electrons. The fourth-order valence-electron chi connectivity index (χ4n) is 2.50. The number of alkyl halides is 3. The molecule has 6 nitrogen and oxygen atoms in total. The fraction of sp³-hybridized carbons (Fsp3) is 0.429. The Kier molecular flexibility index (Phi) is 4.90. The third-order valence-electron chi connectivity index (χ3n) is 3.60. The minimum atomic E-state index is -5.19. The second-order valence-electron chi connectivity index (χ2n) is 5.16. The van der Waals surface area contributed by atoms with Crippen molar-refractivity contribution in [1.29, 1.82) is 0 Å². The first-order chi connectivity index (χ1) is 11.1. The predicted octanol–water partition coefficient (Wildman–Crippen LogP) is 1.34. The third kappa shape index (κ3) is 3.24. The van der Waals surface area contributed by atoms with Crippen LogP contribution in [0.25, 0.3) is 0 Å². The molecule has 0 saturated carbocycles. The van der Waals surface area contributed by atoms with Gasteiger partial charge in [-0.25, -0.2) is 0 Å². The number of aliphatic hydroxyl groups is 1. The van der Waals surface area contributed by atoms with E-state index in [4.69, 9.17) is 17.0 Å². The summed E-state index contributed by atoms with van der Waals surface area (Å²) in [7, 11) is 0. The number of esters is 1. The van der Waals surface area contributed by atoms with Crippen LogP contribution in [0, 0.1) is 5.92 Å². The number of thiocarbonyl (C=S) groups is 1. The Bertz CT molecular complexity index is 638. The number of phenolic OH excluding ortho intramolecular Hbond substituents is 1. The summed E-state index contributed by atoms with van der Waals surface area (Å²) in [6.45, 7) is 1.28. The first-order valence-corrected chi connectivity index (χ1v) is 7.34. The molecule has 0 aliphatic carbocycles. The lowest BCUT2D eigenvalue weighted by molar-refractivity contribution is -0.292. The van der Waals surface area contributed by atoms with Crippen LogP contribution in [0.2, 0.25) is 0 Å². The van der Waals surface area contributed by atoms with Gasteiger partial charge < -0.3 is 25.6 Å². The number of carbonyl (C=O) groups is 1. The van der Waals surface area contributed by atoms with Gasteiger partial charge in [-0.15, -0.1) is 0 Å². The van der Waals surface area contributed by atoms with Gasteiger partial charge in [0.25, 0.3) is 5.72 Å². The summed E-state index contributed by atoms with van der Waals surface area (Å²) in [5, 5.41) is 23.3. The maximum absolute atomic E-state index is 13.5. The maximum atomic E-state index is 13.5.